The van der Waals surface area contributed by atoms with Gasteiger partial charge in [0.05, 0.1) is 36.1 Å². The number of aromatic nitrogens is 1. The molecule has 0 radical (unpaired) electrons. The molecule has 25 heavy (non-hydrogen) atoms. The van der Waals surface area contributed by atoms with E-state index in [1.54, 1.807) is 12.1 Å². The minimum Gasteiger partial charge on any atom is -0.490 e. The smallest absolute Gasteiger partial charge is 0.274 e. The van der Waals surface area contributed by atoms with E-state index in [4.69, 9.17) is 14.2 Å². The number of hydrogen-bond acceptors (Lipinski definition) is 6. The fourth-order valence-electron chi connectivity index (χ4n) is 2.74. The van der Waals surface area contributed by atoms with E-state index in [-0.39, 0.29) is 11.6 Å². The van der Waals surface area contributed by atoms with E-state index in [0.29, 0.717) is 53.3 Å². The molecular formula is C18H25FN2O3S. The van der Waals surface area contributed by atoms with Crippen molar-refractivity contribution in [2.24, 2.45) is 5.92 Å². The Bertz CT molecular complexity index is 703. The van der Waals surface area contributed by atoms with Gasteiger partial charge in [-0.25, -0.2) is 9.37 Å². The van der Waals surface area contributed by atoms with Gasteiger partial charge >= 0.3 is 0 Å². The highest BCUT2D eigenvalue weighted by atomic mass is 32.1. The summed E-state index contributed by atoms with van der Waals surface area (Å²) < 4.78 is 31.9. The van der Waals surface area contributed by atoms with Crippen LogP contribution in [0.4, 0.5) is 4.39 Å². The number of likely N-dealkylation sites (N-methyl/N-ethyl adjacent to an activating group) is 1. The Kier molecular flexibility index (Phi) is 6.09. The number of nitrogens with one attached hydrogen (secondary N) is 1. The number of halogens is 1. The van der Waals surface area contributed by atoms with Crippen LogP contribution in [0.1, 0.15) is 26.7 Å². The molecule has 1 aromatic heterocycles. The fraction of sp³-hybridized carbons (Fsp3) is 0.611. The Balaban J connectivity index is 1.50. The number of fused-ring (bicyclic) bond motifs is 1. The number of rotatable bonds is 9. The molecule has 1 aliphatic rings. The normalized spacial score (nSPS) is 21.1. The molecule has 3 rings (SSSR count). The molecule has 1 saturated carbocycles. The van der Waals surface area contributed by atoms with Gasteiger partial charge in [0.2, 0.25) is 0 Å². The summed E-state index contributed by atoms with van der Waals surface area (Å²) in [5.41, 5.74) is 0.606. The first kappa shape index (κ1) is 18.4. The average Bonchev–Trinajstić information content (AvgIpc) is 2.98. The Morgan fingerprint density at radius 2 is 2.16 bits per heavy atom. The molecule has 7 heteroatoms. The standard InChI is InChI=1S/C18H25FN2O3S/c1-4-22-18-21-14-5-6-15(16(19)17(14)25-18)24-10-12-7-13(8-12)23-9-11(2)20-3/h5-6,11-13,20H,4,7-10H2,1-3H3. The van der Waals surface area contributed by atoms with Crippen molar-refractivity contribution in [2.75, 3.05) is 26.9 Å². The number of benzene rings is 1. The van der Waals surface area contributed by atoms with Crippen molar-refractivity contribution < 1.29 is 18.6 Å². The SMILES string of the molecule is CCOc1nc2ccc(OCC3CC(OCC(C)NC)C3)c(F)c2s1. The van der Waals surface area contributed by atoms with Crippen LogP contribution >= 0.6 is 11.3 Å². The maximum Gasteiger partial charge on any atom is 0.274 e. The summed E-state index contributed by atoms with van der Waals surface area (Å²) in [4.78, 5) is 4.26. The second kappa shape index (κ2) is 8.29. The van der Waals surface area contributed by atoms with Gasteiger partial charge < -0.3 is 19.5 Å². The molecule has 2 aromatic rings. The van der Waals surface area contributed by atoms with Crippen molar-refractivity contribution in [1.29, 1.82) is 0 Å². The van der Waals surface area contributed by atoms with Gasteiger partial charge in [-0.1, -0.05) is 11.3 Å². The molecule has 0 saturated heterocycles. The predicted molar refractivity (Wildman–Crippen MR) is 97.2 cm³/mol. The third-order valence-electron chi connectivity index (χ3n) is 4.45. The largest absolute Gasteiger partial charge is 0.490 e. The van der Waals surface area contributed by atoms with Gasteiger partial charge in [-0.2, -0.15) is 0 Å². The van der Waals surface area contributed by atoms with Crippen LogP contribution in [0.3, 0.4) is 0 Å². The van der Waals surface area contributed by atoms with E-state index in [2.05, 4.69) is 17.2 Å². The van der Waals surface area contributed by atoms with Crippen LogP contribution in [0.5, 0.6) is 10.9 Å². The molecule has 0 aliphatic heterocycles. The van der Waals surface area contributed by atoms with Crippen molar-refractivity contribution in [2.45, 2.75) is 38.8 Å². The molecule has 1 unspecified atom stereocenters. The summed E-state index contributed by atoms with van der Waals surface area (Å²) in [6.45, 7) is 5.72. The molecule has 1 atom stereocenters. The van der Waals surface area contributed by atoms with Crippen LogP contribution in [-0.2, 0) is 4.74 Å². The molecule has 0 bridgehead atoms. The first-order chi connectivity index (χ1) is 12.1. The Morgan fingerprint density at radius 1 is 1.36 bits per heavy atom. The third kappa shape index (κ3) is 4.40. The monoisotopic (exact) mass is 368 g/mol. The Hall–Kier alpha value is -1.44. The van der Waals surface area contributed by atoms with Crippen LogP contribution in [0, 0.1) is 11.7 Å². The Labute approximate surface area is 151 Å². The van der Waals surface area contributed by atoms with Gasteiger partial charge in [0.1, 0.15) is 0 Å². The molecule has 138 valence electrons. The fourth-order valence-corrected chi connectivity index (χ4v) is 3.64. The minimum atomic E-state index is -0.351. The predicted octanol–water partition coefficient (Wildman–Crippen LogP) is 3.62. The summed E-state index contributed by atoms with van der Waals surface area (Å²) in [5.74, 6) is 0.355. The highest BCUT2D eigenvalue weighted by Gasteiger charge is 2.31. The van der Waals surface area contributed by atoms with E-state index in [1.807, 2.05) is 14.0 Å². The highest BCUT2D eigenvalue weighted by molar-refractivity contribution is 7.20. The zero-order chi connectivity index (χ0) is 17.8. The molecular weight excluding hydrogens is 343 g/mol. The summed E-state index contributed by atoms with van der Waals surface area (Å²) in [7, 11) is 1.93. The van der Waals surface area contributed by atoms with Gasteiger partial charge in [-0.15, -0.1) is 0 Å². The highest BCUT2D eigenvalue weighted by Crippen LogP contribution is 2.35. The summed E-state index contributed by atoms with van der Waals surface area (Å²) in [6.07, 6.45) is 2.23. The minimum absolute atomic E-state index is 0.285. The lowest BCUT2D eigenvalue weighted by Gasteiger charge is -2.35. The summed E-state index contributed by atoms with van der Waals surface area (Å²) in [6, 6.07) is 3.78. The van der Waals surface area contributed by atoms with E-state index in [1.165, 1.54) is 11.3 Å². The second-order valence-corrected chi connectivity index (χ2v) is 7.39. The van der Waals surface area contributed by atoms with Crippen LogP contribution in [0.25, 0.3) is 10.2 Å². The first-order valence-corrected chi connectivity index (χ1v) is 9.55. The lowest BCUT2D eigenvalue weighted by molar-refractivity contribution is -0.0473. The van der Waals surface area contributed by atoms with Crippen molar-refractivity contribution in [3.05, 3.63) is 17.9 Å². The Morgan fingerprint density at radius 3 is 2.88 bits per heavy atom. The average molecular weight is 368 g/mol. The van der Waals surface area contributed by atoms with Crippen molar-refractivity contribution in [3.63, 3.8) is 0 Å². The van der Waals surface area contributed by atoms with Gasteiger partial charge in [0.25, 0.3) is 5.19 Å². The molecule has 1 heterocycles. The van der Waals surface area contributed by atoms with E-state index in [0.717, 1.165) is 12.8 Å². The second-order valence-electron chi connectivity index (χ2n) is 6.43. The molecule has 0 amide bonds. The molecule has 1 aliphatic carbocycles. The topological polar surface area (TPSA) is 52.6 Å². The van der Waals surface area contributed by atoms with Crippen molar-refractivity contribution in [3.8, 4) is 10.9 Å². The summed E-state index contributed by atoms with van der Waals surface area (Å²) in [5, 5.41) is 3.64. The van der Waals surface area contributed by atoms with Gasteiger partial charge in [0, 0.05) is 6.04 Å². The maximum atomic E-state index is 14.6. The lowest BCUT2D eigenvalue weighted by Crippen LogP contribution is -2.38. The zero-order valence-electron chi connectivity index (χ0n) is 14.9. The van der Waals surface area contributed by atoms with Crippen molar-refractivity contribution in [1.82, 2.24) is 10.3 Å². The lowest BCUT2D eigenvalue weighted by atomic mass is 9.83. The van der Waals surface area contributed by atoms with Gasteiger partial charge in [-0.3, -0.25) is 0 Å². The van der Waals surface area contributed by atoms with Crippen LogP contribution < -0.4 is 14.8 Å². The number of ether oxygens (including phenoxy) is 3. The quantitative estimate of drug-likeness (QED) is 0.733. The summed E-state index contributed by atoms with van der Waals surface area (Å²) >= 11 is 1.21. The van der Waals surface area contributed by atoms with Crippen molar-refractivity contribution >= 4 is 21.6 Å². The van der Waals surface area contributed by atoms with Crippen LogP contribution in [0.2, 0.25) is 0 Å². The number of nitrogens with zero attached hydrogens (tertiary/aromatic N) is 1. The number of thiazole rings is 1. The van der Waals surface area contributed by atoms with E-state index in [9.17, 15) is 4.39 Å². The first-order valence-electron chi connectivity index (χ1n) is 8.74. The van der Waals surface area contributed by atoms with Crippen LogP contribution in [-0.4, -0.2) is 44.0 Å². The van der Waals surface area contributed by atoms with E-state index < -0.39 is 0 Å². The molecule has 5 nitrogen and oxygen atoms in total. The van der Waals surface area contributed by atoms with Gasteiger partial charge in [-0.05, 0) is 51.8 Å². The van der Waals surface area contributed by atoms with E-state index >= 15 is 0 Å². The molecule has 0 spiro atoms. The molecule has 1 aromatic carbocycles. The third-order valence-corrected chi connectivity index (χ3v) is 5.43. The zero-order valence-corrected chi connectivity index (χ0v) is 15.7. The molecule has 1 fully saturated rings. The maximum absolute atomic E-state index is 14.6. The number of hydrogen-bond donors (Lipinski definition) is 1. The van der Waals surface area contributed by atoms with Gasteiger partial charge in [0.15, 0.2) is 11.6 Å². The van der Waals surface area contributed by atoms with Crippen LogP contribution in [0.15, 0.2) is 12.1 Å². The molecule has 1 N–H and O–H groups in total.